The Morgan fingerprint density at radius 3 is 2.44 bits per heavy atom. The first-order valence-electron chi connectivity index (χ1n) is 5.98. The molecule has 1 aliphatic carbocycles. The zero-order chi connectivity index (χ0) is 13.7. The Kier molecular flexibility index (Phi) is 5.07. The largest absolute Gasteiger partial charge is 0.465 e. The van der Waals surface area contributed by atoms with E-state index < -0.39 is 11.9 Å². The Morgan fingerprint density at radius 2 is 1.94 bits per heavy atom. The Labute approximate surface area is 106 Å². The molecule has 1 aliphatic rings. The van der Waals surface area contributed by atoms with Crippen LogP contribution in [0.1, 0.15) is 27.2 Å². The summed E-state index contributed by atoms with van der Waals surface area (Å²) < 4.78 is 9.91. The van der Waals surface area contributed by atoms with E-state index in [0.29, 0.717) is 6.42 Å². The molecule has 1 unspecified atom stereocenters. The van der Waals surface area contributed by atoms with E-state index in [-0.39, 0.29) is 30.4 Å². The van der Waals surface area contributed by atoms with Crippen LogP contribution in [-0.4, -0.2) is 30.4 Å². The predicted molar refractivity (Wildman–Crippen MR) is 63.6 cm³/mol. The van der Waals surface area contributed by atoms with Crippen molar-refractivity contribution in [1.29, 1.82) is 0 Å². The van der Waals surface area contributed by atoms with Gasteiger partial charge in [0.25, 0.3) is 0 Å². The van der Waals surface area contributed by atoms with E-state index in [0.717, 1.165) is 0 Å². The number of carbonyl (C=O) groups is 3. The van der Waals surface area contributed by atoms with Crippen molar-refractivity contribution in [2.45, 2.75) is 33.3 Å². The van der Waals surface area contributed by atoms with Crippen LogP contribution in [-0.2, 0) is 23.9 Å². The Hall–Kier alpha value is -1.65. The highest BCUT2D eigenvalue weighted by atomic mass is 16.5. The zero-order valence-corrected chi connectivity index (χ0v) is 10.8. The molecular formula is C13H18O5. The summed E-state index contributed by atoms with van der Waals surface area (Å²) >= 11 is 0. The third kappa shape index (κ3) is 3.68. The Morgan fingerprint density at radius 1 is 1.28 bits per heavy atom. The minimum absolute atomic E-state index is 0.230. The van der Waals surface area contributed by atoms with Crippen molar-refractivity contribution < 1.29 is 23.9 Å². The Bertz CT molecular complexity index is 372. The smallest absolute Gasteiger partial charge is 0.317 e. The first-order chi connectivity index (χ1) is 8.45. The number of ether oxygens (including phenoxy) is 2. The van der Waals surface area contributed by atoms with Crippen molar-refractivity contribution in [2.24, 2.45) is 11.8 Å². The lowest BCUT2D eigenvalue weighted by Crippen LogP contribution is -2.31. The standard InChI is InChI=1S/C13H18O5/c1-4-17-13(16)12(8(2)14)10-5-6-11(7-10)18-9(3)15/h5-6,10-12H,4,7H2,1-3H3/t10-,11+,12?/m0/s1. The topological polar surface area (TPSA) is 69.7 Å². The molecule has 100 valence electrons. The second-order valence-corrected chi connectivity index (χ2v) is 4.27. The molecule has 0 heterocycles. The average molecular weight is 254 g/mol. The molecule has 0 bridgehead atoms. The molecule has 0 amide bonds. The van der Waals surface area contributed by atoms with Gasteiger partial charge >= 0.3 is 11.9 Å². The Balaban J connectivity index is 2.67. The molecule has 1 rings (SSSR count). The van der Waals surface area contributed by atoms with Crippen LogP contribution in [0.5, 0.6) is 0 Å². The van der Waals surface area contributed by atoms with Crippen LogP contribution in [0, 0.1) is 11.8 Å². The molecule has 3 atom stereocenters. The van der Waals surface area contributed by atoms with Crippen LogP contribution in [0.4, 0.5) is 0 Å². The molecule has 5 heteroatoms. The number of ketones is 1. The van der Waals surface area contributed by atoms with Gasteiger partial charge in [-0.2, -0.15) is 0 Å². The molecule has 0 aromatic carbocycles. The minimum atomic E-state index is -0.804. The number of hydrogen-bond donors (Lipinski definition) is 0. The molecule has 5 nitrogen and oxygen atoms in total. The van der Waals surface area contributed by atoms with Crippen molar-refractivity contribution >= 4 is 17.7 Å². The highest BCUT2D eigenvalue weighted by molar-refractivity contribution is 5.98. The van der Waals surface area contributed by atoms with Crippen molar-refractivity contribution in [3.05, 3.63) is 12.2 Å². The van der Waals surface area contributed by atoms with Gasteiger partial charge < -0.3 is 9.47 Å². The lowest BCUT2D eigenvalue weighted by Gasteiger charge is -2.19. The molecule has 0 spiro atoms. The maximum Gasteiger partial charge on any atom is 0.317 e. The van der Waals surface area contributed by atoms with Crippen molar-refractivity contribution in [1.82, 2.24) is 0 Å². The van der Waals surface area contributed by atoms with Gasteiger partial charge in [0.15, 0.2) is 0 Å². The monoisotopic (exact) mass is 254 g/mol. The van der Waals surface area contributed by atoms with Gasteiger partial charge in [-0.3, -0.25) is 14.4 Å². The van der Waals surface area contributed by atoms with E-state index in [2.05, 4.69) is 0 Å². The number of rotatable bonds is 5. The summed E-state index contributed by atoms with van der Waals surface area (Å²) in [6.45, 7) is 4.64. The normalized spacial score (nSPS) is 23.5. The minimum Gasteiger partial charge on any atom is -0.465 e. The van der Waals surface area contributed by atoms with Gasteiger partial charge in [-0.15, -0.1) is 0 Å². The highest BCUT2D eigenvalue weighted by Crippen LogP contribution is 2.29. The van der Waals surface area contributed by atoms with Gasteiger partial charge in [-0.05, 0) is 26.3 Å². The lowest BCUT2D eigenvalue weighted by molar-refractivity contribution is -0.152. The third-order valence-corrected chi connectivity index (χ3v) is 2.80. The first-order valence-corrected chi connectivity index (χ1v) is 5.98. The summed E-state index contributed by atoms with van der Waals surface area (Å²) in [6, 6.07) is 0. The number of esters is 2. The second-order valence-electron chi connectivity index (χ2n) is 4.27. The van der Waals surface area contributed by atoms with Gasteiger partial charge in [0.05, 0.1) is 6.61 Å². The maximum atomic E-state index is 11.7. The lowest BCUT2D eigenvalue weighted by atomic mass is 9.88. The van der Waals surface area contributed by atoms with Gasteiger partial charge in [0.2, 0.25) is 0 Å². The number of Topliss-reactive ketones (excluding diaryl/α,β-unsaturated/α-hetero) is 1. The van der Waals surface area contributed by atoms with Crippen LogP contribution < -0.4 is 0 Å². The van der Waals surface area contributed by atoms with Crippen molar-refractivity contribution in [3.8, 4) is 0 Å². The molecule has 0 aromatic rings. The molecule has 0 aromatic heterocycles. The van der Waals surface area contributed by atoms with Crippen LogP contribution in [0.25, 0.3) is 0 Å². The third-order valence-electron chi connectivity index (χ3n) is 2.80. The number of carbonyl (C=O) groups excluding carboxylic acids is 3. The van der Waals surface area contributed by atoms with Gasteiger partial charge in [-0.25, -0.2) is 0 Å². The first kappa shape index (κ1) is 14.4. The molecular weight excluding hydrogens is 236 g/mol. The van der Waals surface area contributed by atoms with Crippen LogP contribution in [0.15, 0.2) is 12.2 Å². The molecule has 0 aliphatic heterocycles. The summed E-state index contributed by atoms with van der Waals surface area (Å²) in [5, 5.41) is 0. The van der Waals surface area contributed by atoms with Crippen molar-refractivity contribution in [2.75, 3.05) is 6.61 Å². The molecule has 0 saturated heterocycles. The van der Waals surface area contributed by atoms with E-state index in [1.165, 1.54) is 13.8 Å². The van der Waals surface area contributed by atoms with E-state index >= 15 is 0 Å². The quantitative estimate of drug-likeness (QED) is 0.419. The van der Waals surface area contributed by atoms with Crippen LogP contribution in [0.2, 0.25) is 0 Å². The number of allylic oxidation sites excluding steroid dienone is 1. The van der Waals surface area contributed by atoms with Crippen molar-refractivity contribution in [3.63, 3.8) is 0 Å². The van der Waals surface area contributed by atoms with Gasteiger partial charge in [0, 0.05) is 12.8 Å². The summed E-state index contributed by atoms with van der Waals surface area (Å²) in [5.41, 5.74) is 0. The molecule has 0 N–H and O–H groups in total. The van der Waals surface area contributed by atoms with E-state index in [1.54, 1.807) is 19.1 Å². The molecule has 18 heavy (non-hydrogen) atoms. The predicted octanol–water partition coefficient (Wildman–Crippen LogP) is 1.26. The zero-order valence-electron chi connectivity index (χ0n) is 10.8. The summed E-state index contributed by atoms with van der Waals surface area (Å²) in [7, 11) is 0. The molecule has 0 fully saturated rings. The fourth-order valence-electron chi connectivity index (χ4n) is 2.11. The van der Waals surface area contributed by atoms with E-state index in [4.69, 9.17) is 9.47 Å². The van der Waals surface area contributed by atoms with E-state index in [1.807, 2.05) is 0 Å². The van der Waals surface area contributed by atoms with E-state index in [9.17, 15) is 14.4 Å². The SMILES string of the molecule is CCOC(=O)C(C(C)=O)[C@H]1C=C[C@@H](OC(C)=O)C1. The van der Waals surface area contributed by atoms with Crippen LogP contribution >= 0.6 is 0 Å². The fourth-order valence-corrected chi connectivity index (χ4v) is 2.11. The summed E-state index contributed by atoms with van der Waals surface area (Å²) in [5.74, 6) is -2.18. The summed E-state index contributed by atoms with van der Waals surface area (Å²) in [6.07, 6.45) is 3.55. The highest BCUT2D eigenvalue weighted by Gasteiger charge is 2.36. The maximum absolute atomic E-state index is 11.7. The number of hydrogen-bond acceptors (Lipinski definition) is 5. The van der Waals surface area contributed by atoms with Crippen LogP contribution in [0.3, 0.4) is 0 Å². The van der Waals surface area contributed by atoms with Gasteiger partial charge in [0.1, 0.15) is 17.8 Å². The summed E-state index contributed by atoms with van der Waals surface area (Å²) in [4.78, 5) is 34.1. The second kappa shape index (κ2) is 6.33. The fraction of sp³-hybridized carbons (Fsp3) is 0.615. The average Bonchev–Trinajstić information content (AvgIpc) is 2.65. The molecule has 0 saturated carbocycles. The van der Waals surface area contributed by atoms with Gasteiger partial charge in [-0.1, -0.05) is 6.08 Å². The molecule has 0 radical (unpaired) electrons.